The van der Waals surface area contributed by atoms with Crippen LogP contribution in [0.3, 0.4) is 0 Å². The van der Waals surface area contributed by atoms with Gasteiger partial charge >= 0.3 is 0 Å². The first-order valence-corrected chi connectivity index (χ1v) is 7.30. The molecule has 1 rings (SSSR count). The number of aryl methyl sites for hydroxylation is 1. The third-order valence-electron chi connectivity index (χ3n) is 3.02. The van der Waals surface area contributed by atoms with E-state index in [1.165, 1.54) is 12.1 Å². The van der Waals surface area contributed by atoms with E-state index in [-0.39, 0.29) is 0 Å². The quantitative estimate of drug-likeness (QED) is 0.591. The van der Waals surface area contributed by atoms with Gasteiger partial charge < -0.3 is 19.4 Å². The Kier molecular flexibility index (Phi) is 9.41. The zero-order valence-corrected chi connectivity index (χ0v) is 12.4. The van der Waals surface area contributed by atoms with Crippen molar-refractivity contribution in [2.45, 2.75) is 39.3 Å². The molecule has 0 fully saturated rings. The molecule has 4 nitrogen and oxygen atoms in total. The zero-order valence-electron chi connectivity index (χ0n) is 12.4. The van der Waals surface area contributed by atoms with Gasteiger partial charge in [-0.15, -0.1) is 0 Å². The molecule has 110 valence electrons. The number of hydrogen-bond donors (Lipinski definition) is 1. The highest BCUT2D eigenvalue weighted by Crippen LogP contribution is 2.03. The van der Waals surface area contributed by atoms with Crippen LogP contribution in [0.4, 0.5) is 0 Å². The fourth-order valence-corrected chi connectivity index (χ4v) is 1.98. The Hall–Kier alpha value is -0.840. The molecule has 0 aliphatic rings. The van der Waals surface area contributed by atoms with Gasteiger partial charge in [0.15, 0.2) is 0 Å². The standard InChI is InChI=1S/C15H28N2O2/c1-3-9-17-10-6-7-15(17)14-16-8-4-5-11-19-13-12-18-2/h6-7,10,16H,3-5,8-9,11-14H2,1-2H3. The van der Waals surface area contributed by atoms with Gasteiger partial charge in [-0.3, -0.25) is 0 Å². The maximum Gasteiger partial charge on any atom is 0.0700 e. The highest BCUT2D eigenvalue weighted by atomic mass is 16.5. The molecule has 4 heteroatoms. The Morgan fingerprint density at radius 3 is 2.89 bits per heavy atom. The third kappa shape index (κ3) is 7.35. The first-order valence-electron chi connectivity index (χ1n) is 7.30. The van der Waals surface area contributed by atoms with Crippen molar-refractivity contribution in [2.24, 2.45) is 0 Å². The molecule has 0 bridgehead atoms. The summed E-state index contributed by atoms with van der Waals surface area (Å²) < 4.78 is 12.7. The van der Waals surface area contributed by atoms with E-state index in [9.17, 15) is 0 Å². The number of aromatic nitrogens is 1. The lowest BCUT2D eigenvalue weighted by Crippen LogP contribution is -2.17. The maximum absolute atomic E-state index is 5.42. The van der Waals surface area contributed by atoms with Crippen LogP contribution in [0.25, 0.3) is 0 Å². The Balaban J connectivity index is 1.97. The number of ether oxygens (including phenoxy) is 2. The number of unbranched alkanes of at least 4 members (excludes halogenated alkanes) is 1. The van der Waals surface area contributed by atoms with Gasteiger partial charge in [0.2, 0.25) is 0 Å². The summed E-state index contributed by atoms with van der Waals surface area (Å²) in [6.07, 6.45) is 5.60. The molecule has 1 aromatic rings. The molecule has 0 radical (unpaired) electrons. The molecule has 0 aromatic carbocycles. The molecule has 1 N–H and O–H groups in total. The Morgan fingerprint density at radius 1 is 1.21 bits per heavy atom. The number of methoxy groups -OCH3 is 1. The minimum atomic E-state index is 0.687. The van der Waals surface area contributed by atoms with Gasteiger partial charge in [-0.05, 0) is 37.9 Å². The second kappa shape index (κ2) is 11.0. The van der Waals surface area contributed by atoms with Crippen LogP contribution in [0.1, 0.15) is 31.9 Å². The van der Waals surface area contributed by atoms with Gasteiger partial charge in [0.1, 0.15) is 0 Å². The predicted octanol–water partition coefficient (Wildman–Crippen LogP) is 2.43. The SMILES string of the molecule is CCCn1cccc1CNCCCCOCCOC. The van der Waals surface area contributed by atoms with Gasteiger partial charge in [-0.2, -0.15) is 0 Å². The molecule has 1 aromatic heterocycles. The molecular formula is C15H28N2O2. The molecule has 0 amide bonds. The first-order chi connectivity index (χ1) is 9.38. The molecule has 0 aliphatic heterocycles. The number of hydrogen-bond acceptors (Lipinski definition) is 3. The maximum atomic E-state index is 5.42. The van der Waals surface area contributed by atoms with Crippen LogP contribution >= 0.6 is 0 Å². The molecule has 0 aliphatic carbocycles. The normalized spacial score (nSPS) is 11.1. The molecular weight excluding hydrogens is 240 g/mol. The summed E-state index contributed by atoms with van der Waals surface area (Å²) in [7, 11) is 1.70. The number of nitrogens with zero attached hydrogens (tertiary/aromatic N) is 1. The van der Waals surface area contributed by atoms with E-state index < -0.39 is 0 Å². The summed E-state index contributed by atoms with van der Waals surface area (Å²) in [5.74, 6) is 0. The fraction of sp³-hybridized carbons (Fsp3) is 0.733. The van der Waals surface area contributed by atoms with E-state index >= 15 is 0 Å². The van der Waals surface area contributed by atoms with E-state index in [2.05, 4.69) is 35.1 Å². The molecule has 0 spiro atoms. The van der Waals surface area contributed by atoms with Gasteiger partial charge in [0, 0.05) is 38.7 Å². The molecule has 0 unspecified atom stereocenters. The van der Waals surface area contributed by atoms with Gasteiger partial charge in [0.05, 0.1) is 13.2 Å². The van der Waals surface area contributed by atoms with E-state index in [4.69, 9.17) is 9.47 Å². The zero-order chi connectivity index (χ0) is 13.8. The molecule has 1 heterocycles. The summed E-state index contributed by atoms with van der Waals surface area (Å²) in [6.45, 7) is 7.54. The van der Waals surface area contributed by atoms with Crippen LogP contribution in [0.15, 0.2) is 18.3 Å². The Bertz CT molecular complexity index is 313. The van der Waals surface area contributed by atoms with Crippen molar-refractivity contribution in [1.82, 2.24) is 9.88 Å². The summed E-state index contributed by atoms with van der Waals surface area (Å²) in [5, 5.41) is 3.49. The highest BCUT2D eigenvalue weighted by Gasteiger charge is 1.99. The van der Waals surface area contributed by atoms with E-state index in [0.29, 0.717) is 13.2 Å². The van der Waals surface area contributed by atoms with Crippen molar-refractivity contribution in [2.75, 3.05) is 33.5 Å². The first kappa shape index (κ1) is 16.2. The van der Waals surface area contributed by atoms with Crippen molar-refractivity contribution < 1.29 is 9.47 Å². The smallest absolute Gasteiger partial charge is 0.0700 e. The number of rotatable bonds is 12. The Labute approximate surface area is 117 Å². The van der Waals surface area contributed by atoms with Crippen LogP contribution in [-0.4, -0.2) is 38.0 Å². The second-order valence-electron chi connectivity index (χ2n) is 4.68. The highest BCUT2D eigenvalue weighted by molar-refractivity contribution is 5.06. The average molecular weight is 268 g/mol. The van der Waals surface area contributed by atoms with Crippen LogP contribution in [0.5, 0.6) is 0 Å². The summed E-state index contributed by atoms with van der Waals surface area (Å²) in [6, 6.07) is 4.31. The topological polar surface area (TPSA) is 35.4 Å². The van der Waals surface area contributed by atoms with Crippen LogP contribution < -0.4 is 5.32 Å². The molecule has 0 saturated heterocycles. The van der Waals surface area contributed by atoms with Gasteiger partial charge in [-0.1, -0.05) is 6.92 Å². The molecule has 19 heavy (non-hydrogen) atoms. The van der Waals surface area contributed by atoms with Gasteiger partial charge in [-0.25, -0.2) is 0 Å². The molecule has 0 atom stereocenters. The van der Waals surface area contributed by atoms with Crippen molar-refractivity contribution >= 4 is 0 Å². The second-order valence-corrected chi connectivity index (χ2v) is 4.68. The third-order valence-corrected chi connectivity index (χ3v) is 3.02. The lowest BCUT2D eigenvalue weighted by atomic mass is 10.3. The summed E-state index contributed by atoms with van der Waals surface area (Å²) in [5.41, 5.74) is 1.37. The number of nitrogens with one attached hydrogen (secondary N) is 1. The average Bonchev–Trinajstić information content (AvgIpc) is 2.85. The lowest BCUT2D eigenvalue weighted by Gasteiger charge is -2.09. The minimum absolute atomic E-state index is 0.687. The minimum Gasteiger partial charge on any atom is -0.382 e. The van der Waals surface area contributed by atoms with Crippen LogP contribution in [-0.2, 0) is 22.6 Å². The lowest BCUT2D eigenvalue weighted by molar-refractivity contribution is 0.0688. The fourth-order valence-electron chi connectivity index (χ4n) is 1.98. The van der Waals surface area contributed by atoms with E-state index in [1.54, 1.807) is 7.11 Å². The Morgan fingerprint density at radius 2 is 2.11 bits per heavy atom. The van der Waals surface area contributed by atoms with Crippen molar-refractivity contribution in [3.8, 4) is 0 Å². The monoisotopic (exact) mass is 268 g/mol. The van der Waals surface area contributed by atoms with Crippen LogP contribution in [0, 0.1) is 0 Å². The largest absolute Gasteiger partial charge is 0.382 e. The van der Waals surface area contributed by atoms with E-state index in [0.717, 1.165) is 39.1 Å². The van der Waals surface area contributed by atoms with Crippen molar-refractivity contribution in [3.05, 3.63) is 24.0 Å². The van der Waals surface area contributed by atoms with Gasteiger partial charge in [0.25, 0.3) is 0 Å². The van der Waals surface area contributed by atoms with Crippen molar-refractivity contribution in [1.29, 1.82) is 0 Å². The predicted molar refractivity (Wildman–Crippen MR) is 78.4 cm³/mol. The summed E-state index contributed by atoms with van der Waals surface area (Å²) >= 11 is 0. The van der Waals surface area contributed by atoms with Crippen molar-refractivity contribution in [3.63, 3.8) is 0 Å². The van der Waals surface area contributed by atoms with Crippen LogP contribution in [0.2, 0.25) is 0 Å². The summed E-state index contributed by atoms with van der Waals surface area (Å²) in [4.78, 5) is 0. The van der Waals surface area contributed by atoms with E-state index in [1.807, 2.05) is 0 Å². The molecule has 0 saturated carbocycles.